The molecule has 1 rings (SSSR count). The van der Waals surface area contributed by atoms with E-state index in [4.69, 9.17) is 0 Å². The van der Waals surface area contributed by atoms with Gasteiger partial charge in [-0.05, 0) is 18.2 Å². The Hall–Kier alpha value is -1.94. The molecule has 0 radical (unpaired) electrons. The first-order valence-electron chi connectivity index (χ1n) is 4.23. The van der Waals surface area contributed by atoms with Crippen molar-refractivity contribution in [1.82, 2.24) is 0 Å². The van der Waals surface area contributed by atoms with E-state index in [0.717, 1.165) is 6.07 Å². The Morgan fingerprint density at radius 2 is 1.22 bits per heavy atom. The smallest absolute Gasteiger partial charge is 0.343 e. The van der Waals surface area contributed by atoms with Crippen LogP contribution in [0.1, 0.15) is 20.7 Å². The minimum absolute atomic E-state index is 0.232. The van der Waals surface area contributed by atoms with Gasteiger partial charge in [-0.25, -0.2) is 9.59 Å². The van der Waals surface area contributed by atoms with Crippen LogP contribution in [0.25, 0.3) is 0 Å². The fraction of sp³-hybridized carbons (Fsp3) is 0. The fourth-order valence-corrected chi connectivity index (χ4v) is 1.50. The predicted octanol–water partition coefficient (Wildman–Crippen LogP) is -0.947. The predicted molar refractivity (Wildman–Crippen MR) is 57.9 cm³/mol. The summed E-state index contributed by atoms with van der Waals surface area (Å²) in [4.78, 5) is 22.3. The Balaban J connectivity index is 2.98. The molecule has 0 atom stereocenters. The first-order chi connectivity index (χ1) is 8.40. The molecular weight excluding hydrogens is 288 g/mol. The second-order valence-corrected chi connectivity index (χ2v) is 4.05. The number of benzene rings is 1. The summed E-state index contributed by atoms with van der Waals surface area (Å²) in [5.74, 6) is -2.38. The van der Waals surface area contributed by atoms with Gasteiger partial charge in [-0.3, -0.25) is 0 Å². The van der Waals surface area contributed by atoms with Gasteiger partial charge in [0.25, 0.3) is 0 Å². The molecule has 1 aromatic carbocycles. The van der Waals surface area contributed by atoms with Crippen molar-refractivity contribution >= 4 is 33.9 Å². The normalized spacial score (nSPS) is 10.3. The van der Waals surface area contributed by atoms with Crippen molar-refractivity contribution in [3.05, 3.63) is 35.4 Å². The lowest BCUT2D eigenvalue weighted by molar-refractivity contribution is 0.0752. The molecule has 0 aliphatic heterocycles. The highest BCUT2D eigenvalue weighted by Crippen LogP contribution is 2.08. The standard InChI is InChI=1S/C8H6O8S2/c9-7(15-17(11)12)5-2-1-3-6(4-5)8(10)16-18(13)14/h1-4,17-18H. The molecule has 8 nitrogen and oxygen atoms in total. The number of thiol groups is 2. The molecule has 0 saturated heterocycles. The van der Waals surface area contributed by atoms with Crippen molar-refractivity contribution in [1.29, 1.82) is 0 Å². The summed E-state index contributed by atoms with van der Waals surface area (Å²) in [6.07, 6.45) is 0. The molecule has 0 spiro atoms. The monoisotopic (exact) mass is 294 g/mol. The van der Waals surface area contributed by atoms with Gasteiger partial charge in [0.05, 0.1) is 11.1 Å². The minimum Gasteiger partial charge on any atom is -0.343 e. The zero-order chi connectivity index (χ0) is 13.7. The summed E-state index contributed by atoms with van der Waals surface area (Å²) < 4.78 is 48.5. The average Bonchev–Trinajstić information content (AvgIpc) is 2.27. The summed E-state index contributed by atoms with van der Waals surface area (Å²) in [7, 11) is -6.73. The summed E-state index contributed by atoms with van der Waals surface area (Å²) in [6, 6.07) is 4.57. The minimum atomic E-state index is -3.36. The Labute approximate surface area is 104 Å². The van der Waals surface area contributed by atoms with E-state index in [9.17, 15) is 26.4 Å². The van der Waals surface area contributed by atoms with Gasteiger partial charge in [0, 0.05) is 0 Å². The Morgan fingerprint density at radius 1 is 0.833 bits per heavy atom. The second-order valence-electron chi connectivity index (χ2n) is 2.79. The Morgan fingerprint density at radius 3 is 1.56 bits per heavy atom. The van der Waals surface area contributed by atoms with Crippen LogP contribution in [-0.4, -0.2) is 28.8 Å². The lowest BCUT2D eigenvalue weighted by atomic mass is 10.1. The van der Waals surface area contributed by atoms with E-state index in [2.05, 4.69) is 8.37 Å². The van der Waals surface area contributed by atoms with Gasteiger partial charge in [-0.1, -0.05) is 6.07 Å². The highest BCUT2D eigenvalue weighted by Gasteiger charge is 2.13. The van der Waals surface area contributed by atoms with Gasteiger partial charge < -0.3 is 8.37 Å². The van der Waals surface area contributed by atoms with Crippen LogP contribution in [0, 0.1) is 0 Å². The van der Waals surface area contributed by atoms with Crippen LogP contribution < -0.4 is 0 Å². The Kier molecular flexibility index (Phi) is 4.80. The van der Waals surface area contributed by atoms with Crippen molar-refractivity contribution < 1.29 is 34.8 Å². The molecule has 1 aromatic rings. The van der Waals surface area contributed by atoms with E-state index in [1.165, 1.54) is 18.2 Å². The maximum atomic E-state index is 11.2. The number of carbonyl (C=O) groups excluding carboxylic acids is 2. The number of carbonyl (C=O) groups is 2. The molecular formula is C8H6O8S2. The maximum absolute atomic E-state index is 11.2. The van der Waals surface area contributed by atoms with Crippen LogP contribution >= 0.6 is 0 Å². The molecule has 0 fully saturated rings. The topological polar surface area (TPSA) is 121 Å². The largest absolute Gasteiger partial charge is 0.353 e. The first kappa shape index (κ1) is 14.1. The van der Waals surface area contributed by atoms with Crippen molar-refractivity contribution in [2.24, 2.45) is 0 Å². The molecule has 10 heteroatoms. The van der Waals surface area contributed by atoms with E-state index in [1.54, 1.807) is 0 Å². The molecule has 0 bridgehead atoms. The number of hydrogen-bond acceptors (Lipinski definition) is 8. The lowest BCUT2D eigenvalue weighted by Gasteiger charge is -2.00. The molecule has 0 saturated carbocycles. The number of hydrogen-bond donors (Lipinski definition) is 2. The zero-order valence-corrected chi connectivity index (χ0v) is 10.3. The van der Waals surface area contributed by atoms with E-state index in [-0.39, 0.29) is 11.1 Å². The molecule has 0 aromatic heterocycles. The van der Waals surface area contributed by atoms with Gasteiger partial charge in [0.15, 0.2) is 0 Å². The lowest BCUT2D eigenvalue weighted by Crippen LogP contribution is -2.08. The van der Waals surface area contributed by atoms with Crippen LogP contribution in [-0.2, 0) is 30.3 Å². The van der Waals surface area contributed by atoms with Gasteiger partial charge in [0.2, 0.25) is 0 Å². The van der Waals surface area contributed by atoms with E-state index in [0.29, 0.717) is 0 Å². The molecule has 98 valence electrons. The third-order valence-electron chi connectivity index (χ3n) is 1.65. The summed E-state index contributed by atoms with van der Waals surface area (Å²) in [5.41, 5.74) is -0.463. The van der Waals surface area contributed by atoms with Crippen molar-refractivity contribution in [2.45, 2.75) is 0 Å². The summed E-state index contributed by atoms with van der Waals surface area (Å²) in [6.45, 7) is 0. The van der Waals surface area contributed by atoms with E-state index in [1.807, 2.05) is 0 Å². The van der Waals surface area contributed by atoms with Gasteiger partial charge in [-0.2, -0.15) is 16.8 Å². The Bertz CT molecular complexity index is 560. The molecule has 0 amide bonds. The van der Waals surface area contributed by atoms with Crippen LogP contribution in [0.4, 0.5) is 0 Å². The maximum Gasteiger partial charge on any atom is 0.353 e. The highest BCUT2D eigenvalue weighted by molar-refractivity contribution is 7.67. The zero-order valence-electron chi connectivity index (χ0n) is 8.47. The highest BCUT2D eigenvalue weighted by atomic mass is 32.2. The summed E-state index contributed by atoms with van der Waals surface area (Å²) in [5, 5.41) is 0. The SMILES string of the molecule is O=C(O[SH](=O)=O)c1cccc(C(=O)O[SH](=O)=O)c1. The van der Waals surface area contributed by atoms with Gasteiger partial charge in [-0.15, -0.1) is 0 Å². The van der Waals surface area contributed by atoms with Gasteiger partial charge >= 0.3 is 33.9 Å². The molecule has 0 unspecified atom stereocenters. The molecule has 18 heavy (non-hydrogen) atoms. The fourth-order valence-electron chi connectivity index (χ4n) is 1.01. The third kappa shape index (κ3) is 4.14. The number of rotatable bonds is 4. The second kappa shape index (κ2) is 6.12. The van der Waals surface area contributed by atoms with Crippen LogP contribution in [0.2, 0.25) is 0 Å². The van der Waals surface area contributed by atoms with E-state index >= 15 is 0 Å². The van der Waals surface area contributed by atoms with E-state index < -0.39 is 33.9 Å². The first-order valence-corrected chi connectivity index (χ1v) is 6.42. The summed E-state index contributed by atoms with van der Waals surface area (Å²) >= 11 is 0. The molecule has 0 heterocycles. The quantitative estimate of drug-likeness (QED) is 0.682. The van der Waals surface area contributed by atoms with Crippen molar-refractivity contribution in [3.8, 4) is 0 Å². The van der Waals surface area contributed by atoms with Crippen molar-refractivity contribution in [2.75, 3.05) is 0 Å². The molecule has 0 aliphatic carbocycles. The van der Waals surface area contributed by atoms with Crippen LogP contribution in [0.5, 0.6) is 0 Å². The van der Waals surface area contributed by atoms with Gasteiger partial charge in [0.1, 0.15) is 0 Å². The molecule has 0 aliphatic rings. The van der Waals surface area contributed by atoms with Crippen molar-refractivity contribution in [3.63, 3.8) is 0 Å². The third-order valence-corrected chi connectivity index (χ3v) is 2.28. The van der Waals surface area contributed by atoms with Crippen LogP contribution in [0.3, 0.4) is 0 Å². The molecule has 0 N–H and O–H groups in total. The average molecular weight is 294 g/mol. The van der Waals surface area contributed by atoms with Crippen LogP contribution in [0.15, 0.2) is 24.3 Å².